The van der Waals surface area contributed by atoms with Crippen molar-refractivity contribution in [2.24, 2.45) is 5.41 Å². The van der Waals surface area contributed by atoms with Crippen LogP contribution >= 0.6 is 0 Å². The number of ether oxygens (including phenoxy) is 3. The Morgan fingerprint density at radius 1 is 1.09 bits per heavy atom. The lowest BCUT2D eigenvalue weighted by Gasteiger charge is -2.48. The Kier molecular flexibility index (Phi) is 8.87. The van der Waals surface area contributed by atoms with Gasteiger partial charge in [0.25, 0.3) is 0 Å². The highest BCUT2D eigenvalue weighted by Gasteiger charge is 2.56. The van der Waals surface area contributed by atoms with E-state index in [1.165, 1.54) is 13.0 Å². The number of pyridine rings is 1. The van der Waals surface area contributed by atoms with Gasteiger partial charge in [-0.1, -0.05) is 54.5 Å². The number of hydrogen-bond acceptors (Lipinski definition) is 6. The van der Waals surface area contributed by atoms with Crippen LogP contribution in [0, 0.1) is 11.2 Å². The summed E-state index contributed by atoms with van der Waals surface area (Å²) in [6.45, 7) is 21.1. The Labute approximate surface area is 270 Å². The van der Waals surface area contributed by atoms with E-state index in [1.807, 2.05) is 13.8 Å². The number of carbonyl (C=O) groups excluding carboxylic acids is 1. The predicted molar refractivity (Wildman–Crippen MR) is 168 cm³/mol. The first-order valence-electron chi connectivity index (χ1n) is 16.1. The molecule has 5 rings (SSSR count). The summed E-state index contributed by atoms with van der Waals surface area (Å²) in [6.07, 6.45) is -5.35. The molecular weight excluding hydrogens is 618 g/mol. The average Bonchev–Trinajstić information content (AvgIpc) is 3.22. The molecular formula is C35H47F4NO5Si. The van der Waals surface area contributed by atoms with Gasteiger partial charge in [-0.3, -0.25) is 9.78 Å². The van der Waals surface area contributed by atoms with E-state index >= 15 is 4.39 Å². The maximum atomic E-state index is 15.8. The number of rotatable bonds is 5. The highest BCUT2D eigenvalue weighted by Crippen LogP contribution is 2.61. The second-order valence-corrected chi connectivity index (χ2v) is 20.4. The Morgan fingerprint density at radius 2 is 1.72 bits per heavy atom. The Morgan fingerprint density at radius 3 is 2.24 bits per heavy atom. The molecule has 1 aromatic carbocycles. The summed E-state index contributed by atoms with van der Waals surface area (Å²) in [7, 11) is -2.39. The van der Waals surface area contributed by atoms with E-state index < -0.39 is 61.2 Å². The summed E-state index contributed by atoms with van der Waals surface area (Å²) in [5, 5.41) is -0.114. The molecule has 0 bridgehead atoms. The van der Waals surface area contributed by atoms with Crippen LogP contribution in [0.4, 0.5) is 17.6 Å². The molecule has 1 spiro atoms. The molecule has 1 aromatic heterocycles. The van der Waals surface area contributed by atoms with E-state index in [4.69, 9.17) is 23.6 Å². The van der Waals surface area contributed by atoms with Crippen LogP contribution in [0.1, 0.15) is 138 Å². The van der Waals surface area contributed by atoms with E-state index in [9.17, 15) is 18.0 Å². The van der Waals surface area contributed by atoms with Crippen LogP contribution in [0.2, 0.25) is 18.1 Å². The average molecular weight is 666 g/mol. The van der Waals surface area contributed by atoms with E-state index in [0.29, 0.717) is 55.5 Å². The third-order valence-corrected chi connectivity index (χ3v) is 14.9. The first-order valence-corrected chi connectivity index (χ1v) is 19.1. The van der Waals surface area contributed by atoms with Crippen molar-refractivity contribution in [3.63, 3.8) is 0 Å². The van der Waals surface area contributed by atoms with Gasteiger partial charge in [0.05, 0.1) is 23.0 Å². The molecule has 3 aliphatic rings. The van der Waals surface area contributed by atoms with Gasteiger partial charge in [0.15, 0.2) is 8.32 Å². The normalized spacial score (nSPS) is 24.2. The summed E-state index contributed by atoms with van der Waals surface area (Å²) in [5.74, 6) is -1.58. The van der Waals surface area contributed by atoms with Gasteiger partial charge in [-0.15, -0.1) is 0 Å². The van der Waals surface area contributed by atoms with Gasteiger partial charge in [0.2, 0.25) is 0 Å². The number of halogens is 4. The van der Waals surface area contributed by atoms with Crippen molar-refractivity contribution in [1.29, 1.82) is 0 Å². The molecule has 0 amide bonds. The molecule has 2 aromatic rings. The zero-order valence-corrected chi connectivity index (χ0v) is 29.6. The molecule has 1 unspecified atom stereocenters. The van der Waals surface area contributed by atoms with Gasteiger partial charge in [-0.25, -0.2) is 4.39 Å². The molecule has 6 nitrogen and oxygen atoms in total. The van der Waals surface area contributed by atoms with Crippen LogP contribution in [0.5, 0.6) is 0 Å². The van der Waals surface area contributed by atoms with Crippen LogP contribution in [0.3, 0.4) is 0 Å². The molecule has 0 saturated carbocycles. The number of alkyl halides is 3. The first kappa shape index (κ1) is 35.0. The molecule has 3 heterocycles. The van der Waals surface area contributed by atoms with Gasteiger partial charge < -0.3 is 18.6 Å². The number of hydrogen-bond donors (Lipinski definition) is 0. The Bertz CT molecular complexity index is 1510. The van der Waals surface area contributed by atoms with Crippen LogP contribution in [0.25, 0.3) is 0 Å². The molecule has 3 atom stereocenters. The smallest absolute Gasteiger partial charge is 0.416 e. The van der Waals surface area contributed by atoms with Crippen molar-refractivity contribution in [2.75, 3.05) is 13.2 Å². The SMILES string of the molecule is CC(=O)O[C@@H]1c2nc(C(C)C)c3c(c2C(O[Si](C)(C)C(C)(C)C)CC1(C)C)C1(CCOCC1)O[C@@H]3c1ccc(C(F)(F)F)cc1F. The van der Waals surface area contributed by atoms with Crippen LogP contribution < -0.4 is 0 Å². The van der Waals surface area contributed by atoms with Crippen molar-refractivity contribution in [1.82, 2.24) is 4.98 Å². The van der Waals surface area contributed by atoms with Gasteiger partial charge >= 0.3 is 12.1 Å². The van der Waals surface area contributed by atoms with E-state index in [-0.39, 0.29) is 16.5 Å². The summed E-state index contributed by atoms with van der Waals surface area (Å²) >= 11 is 0. The fraction of sp³-hybridized carbons (Fsp3) is 0.657. The molecule has 1 aliphatic carbocycles. The number of nitrogens with zero attached hydrogens (tertiary/aromatic N) is 1. The minimum absolute atomic E-state index is 0.0239. The second-order valence-electron chi connectivity index (χ2n) is 15.6. The van der Waals surface area contributed by atoms with Crippen molar-refractivity contribution in [3.8, 4) is 0 Å². The Hall–Kier alpha value is -2.34. The number of fused-ring (bicyclic) bond motifs is 4. The van der Waals surface area contributed by atoms with Crippen molar-refractivity contribution < 1.29 is 41.0 Å². The molecule has 11 heteroatoms. The summed E-state index contributed by atoms with van der Waals surface area (Å²) < 4.78 is 82.4. The fourth-order valence-corrected chi connectivity index (χ4v) is 8.26. The first-order chi connectivity index (χ1) is 21.1. The molecule has 1 saturated heterocycles. The maximum Gasteiger partial charge on any atom is 0.416 e. The predicted octanol–water partition coefficient (Wildman–Crippen LogP) is 9.59. The monoisotopic (exact) mass is 665 g/mol. The van der Waals surface area contributed by atoms with Gasteiger partial charge in [-0.05, 0) is 48.2 Å². The van der Waals surface area contributed by atoms with Crippen LogP contribution in [-0.2, 0) is 35.2 Å². The quantitative estimate of drug-likeness (QED) is 0.180. The minimum atomic E-state index is -4.69. The lowest BCUT2D eigenvalue weighted by Crippen LogP contribution is -2.46. The largest absolute Gasteiger partial charge is 0.455 e. The number of aromatic nitrogens is 1. The zero-order chi connectivity index (χ0) is 34.2. The van der Waals surface area contributed by atoms with Crippen LogP contribution in [-0.4, -0.2) is 32.5 Å². The van der Waals surface area contributed by atoms with Gasteiger partial charge in [0, 0.05) is 60.8 Å². The topological polar surface area (TPSA) is 66.9 Å². The zero-order valence-electron chi connectivity index (χ0n) is 28.6. The minimum Gasteiger partial charge on any atom is -0.455 e. The fourth-order valence-electron chi connectivity index (χ4n) is 6.99. The molecule has 0 N–H and O–H groups in total. The highest BCUT2D eigenvalue weighted by molar-refractivity contribution is 6.74. The van der Waals surface area contributed by atoms with Crippen molar-refractivity contribution in [2.45, 2.75) is 129 Å². The van der Waals surface area contributed by atoms with Gasteiger partial charge in [0.1, 0.15) is 18.0 Å². The third kappa shape index (κ3) is 6.05. The lowest BCUT2D eigenvalue weighted by atomic mass is 9.68. The van der Waals surface area contributed by atoms with E-state index in [1.54, 1.807) is 0 Å². The Balaban J connectivity index is 1.86. The third-order valence-electron chi connectivity index (χ3n) is 10.4. The standard InChI is InChI=1S/C35H47F4NO5Si/c1-19(2)28-26-27(34(13-15-42-16-14-34)44-30(26)22-12-11-21(17-23(22)36)35(37,38)39)25-24(45-46(9,10)32(4,5)6)18-33(7,8)31(29(25)40-28)43-20(3)41/h11-12,17,19,24,30-31H,13-16,18H2,1-10H3/t24?,30-,31-/m1/s1. The summed E-state index contributed by atoms with van der Waals surface area (Å²) in [6, 6.07) is 2.62. The number of carbonyl (C=O) groups is 1. The molecule has 0 radical (unpaired) electrons. The molecule has 1 fully saturated rings. The number of benzene rings is 1. The molecule has 2 aliphatic heterocycles. The van der Waals surface area contributed by atoms with E-state index in [0.717, 1.165) is 17.2 Å². The molecule has 46 heavy (non-hydrogen) atoms. The van der Waals surface area contributed by atoms with E-state index in [2.05, 4.69) is 47.7 Å². The lowest BCUT2D eigenvalue weighted by molar-refractivity contribution is -0.156. The van der Waals surface area contributed by atoms with Crippen LogP contribution in [0.15, 0.2) is 18.2 Å². The second kappa shape index (κ2) is 11.7. The summed E-state index contributed by atoms with van der Waals surface area (Å²) in [5.41, 5.74) is 1.05. The highest BCUT2D eigenvalue weighted by atomic mass is 28.4. The van der Waals surface area contributed by atoms with Gasteiger partial charge in [-0.2, -0.15) is 13.2 Å². The maximum absolute atomic E-state index is 15.8. The molecule has 254 valence electrons. The van der Waals surface area contributed by atoms with Crippen molar-refractivity contribution in [3.05, 3.63) is 63.2 Å². The van der Waals surface area contributed by atoms with Crippen molar-refractivity contribution >= 4 is 14.3 Å². The summed E-state index contributed by atoms with van der Waals surface area (Å²) in [4.78, 5) is 17.8. The number of esters is 1.